The first-order valence-electron chi connectivity index (χ1n) is 7.70. The SMILES string of the molecule is N#Cc1ccc(CSCC(=O)NC2CCCCC2CO)cc1. The van der Waals surface area contributed by atoms with Crippen LogP contribution in [0.3, 0.4) is 0 Å². The molecule has 0 radical (unpaired) electrons. The first kappa shape index (κ1) is 16.9. The normalized spacial score (nSPS) is 21.1. The van der Waals surface area contributed by atoms with Gasteiger partial charge in [0.25, 0.3) is 0 Å². The lowest BCUT2D eigenvalue weighted by atomic mass is 9.85. The highest BCUT2D eigenvalue weighted by atomic mass is 32.2. The number of nitriles is 1. The summed E-state index contributed by atoms with van der Waals surface area (Å²) in [5.74, 6) is 1.44. The van der Waals surface area contributed by atoms with E-state index in [0.29, 0.717) is 11.3 Å². The van der Waals surface area contributed by atoms with Crippen LogP contribution in [0.4, 0.5) is 0 Å². The predicted octanol–water partition coefficient (Wildman–Crippen LogP) is 2.46. The molecule has 1 aromatic rings. The Bertz CT molecular complexity index is 524. The van der Waals surface area contributed by atoms with Gasteiger partial charge >= 0.3 is 0 Å². The number of benzene rings is 1. The predicted molar refractivity (Wildman–Crippen MR) is 88.3 cm³/mol. The fourth-order valence-electron chi connectivity index (χ4n) is 2.80. The van der Waals surface area contributed by atoms with E-state index < -0.39 is 0 Å². The maximum Gasteiger partial charge on any atom is 0.230 e. The molecular weight excluding hydrogens is 296 g/mol. The number of nitrogens with zero attached hydrogens (tertiary/aromatic N) is 1. The minimum atomic E-state index is 0.0454. The Labute approximate surface area is 135 Å². The summed E-state index contributed by atoms with van der Waals surface area (Å²) in [7, 11) is 0. The summed E-state index contributed by atoms with van der Waals surface area (Å²) in [5.41, 5.74) is 1.77. The van der Waals surface area contributed by atoms with Crippen LogP contribution in [0.5, 0.6) is 0 Å². The smallest absolute Gasteiger partial charge is 0.230 e. The lowest BCUT2D eigenvalue weighted by molar-refractivity contribution is -0.120. The number of rotatable bonds is 6. The van der Waals surface area contributed by atoms with Gasteiger partial charge < -0.3 is 10.4 Å². The maximum atomic E-state index is 12.0. The number of carbonyl (C=O) groups is 1. The molecule has 0 saturated heterocycles. The van der Waals surface area contributed by atoms with Gasteiger partial charge in [-0.1, -0.05) is 25.0 Å². The highest BCUT2D eigenvalue weighted by Crippen LogP contribution is 2.24. The van der Waals surface area contributed by atoms with Crippen LogP contribution in [0.2, 0.25) is 0 Å². The quantitative estimate of drug-likeness (QED) is 0.845. The molecule has 0 spiro atoms. The summed E-state index contributed by atoms with van der Waals surface area (Å²) >= 11 is 1.57. The standard InChI is InChI=1S/C17H22N2O2S/c18-9-13-5-7-14(8-6-13)11-22-12-17(21)19-16-4-2-1-3-15(16)10-20/h5-8,15-16,20H,1-4,10-12H2,(H,19,21). The van der Waals surface area contributed by atoms with Crippen molar-refractivity contribution in [1.29, 1.82) is 5.26 Å². The first-order valence-corrected chi connectivity index (χ1v) is 8.85. The van der Waals surface area contributed by atoms with Crippen LogP contribution in [0.25, 0.3) is 0 Å². The molecule has 4 nitrogen and oxygen atoms in total. The molecule has 0 aromatic heterocycles. The van der Waals surface area contributed by atoms with Gasteiger partial charge in [0, 0.05) is 24.3 Å². The summed E-state index contributed by atoms with van der Waals surface area (Å²) in [5, 5.41) is 21.2. The van der Waals surface area contributed by atoms with Gasteiger partial charge in [-0.3, -0.25) is 4.79 Å². The van der Waals surface area contributed by atoms with E-state index in [2.05, 4.69) is 11.4 Å². The highest BCUT2D eigenvalue weighted by molar-refractivity contribution is 7.99. The van der Waals surface area contributed by atoms with Crippen molar-refractivity contribution in [3.05, 3.63) is 35.4 Å². The van der Waals surface area contributed by atoms with Crippen LogP contribution in [0.15, 0.2) is 24.3 Å². The van der Waals surface area contributed by atoms with E-state index in [1.54, 1.807) is 23.9 Å². The number of carbonyl (C=O) groups excluding carboxylic acids is 1. The highest BCUT2D eigenvalue weighted by Gasteiger charge is 2.25. The number of nitrogens with one attached hydrogen (secondary N) is 1. The maximum absolute atomic E-state index is 12.0. The molecule has 0 aliphatic heterocycles. The largest absolute Gasteiger partial charge is 0.396 e. The minimum absolute atomic E-state index is 0.0454. The number of aliphatic hydroxyl groups excluding tert-OH is 1. The van der Waals surface area contributed by atoms with Crippen molar-refractivity contribution >= 4 is 17.7 Å². The molecular formula is C17H22N2O2S. The average molecular weight is 318 g/mol. The summed E-state index contributed by atoms with van der Waals surface area (Å²) < 4.78 is 0. The summed E-state index contributed by atoms with van der Waals surface area (Å²) in [6, 6.07) is 9.66. The van der Waals surface area contributed by atoms with Crippen molar-refractivity contribution in [2.45, 2.75) is 37.5 Å². The Balaban J connectivity index is 1.71. The van der Waals surface area contributed by atoms with E-state index in [0.717, 1.165) is 37.0 Å². The molecule has 2 unspecified atom stereocenters. The van der Waals surface area contributed by atoms with Crippen LogP contribution < -0.4 is 5.32 Å². The van der Waals surface area contributed by atoms with E-state index in [9.17, 15) is 9.90 Å². The minimum Gasteiger partial charge on any atom is -0.396 e. The van der Waals surface area contributed by atoms with Gasteiger partial charge in [0.1, 0.15) is 0 Å². The average Bonchev–Trinajstić information content (AvgIpc) is 2.56. The molecule has 1 aromatic carbocycles. The van der Waals surface area contributed by atoms with Gasteiger partial charge in [-0.15, -0.1) is 11.8 Å². The molecule has 22 heavy (non-hydrogen) atoms. The molecule has 0 heterocycles. The Morgan fingerprint density at radius 1 is 1.32 bits per heavy atom. The second-order valence-electron chi connectivity index (χ2n) is 5.70. The molecule has 1 amide bonds. The van der Waals surface area contributed by atoms with Crippen LogP contribution in [-0.2, 0) is 10.5 Å². The summed E-state index contributed by atoms with van der Waals surface area (Å²) in [6.45, 7) is 0.156. The fraction of sp³-hybridized carbons (Fsp3) is 0.529. The van der Waals surface area contributed by atoms with Gasteiger partial charge in [0.05, 0.1) is 17.4 Å². The zero-order valence-electron chi connectivity index (χ0n) is 12.6. The number of amides is 1. The molecule has 0 bridgehead atoms. The van der Waals surface area contributed by atoms with Gasteiger partial charge in [0.15, 0.2) is 0 Å². The second kappa shape index (κ2) is 8.82. The van der Waals surface area contributed by atoms with Gasteiger partial charge in [-0.2, -0.15) is 5.26 Å². The molecule has 2 N–H and O–H groups in total. The van der Waals surface area contributed by atoms with Crippen molar-refractivity contribution in [1.82, 2.24) is 5.32 Å². The van der Waals surface area contributed by atoms with Crippen molar-refractivity contribution in [3.63, 3.8) is 0 Å². The molecule has 1 aliphatic rings. The fourth-order valence-corrected chi connectivity index (χ4v) is 3.60. The van der Waals surface area contributed by atoms with E-state index in [4.69, 9.17) is 5.26 Å². The Morgan fingerprint density at radius 2 is 2.05 bits per heavy atom. The third-order valence-electron chi connectivity index (χ3n) is 4.07. The third kappa shape index (κ3) is 5.04. The second-order valence-corrected chi connectivity index (χ2v) is 6.69. The van der Waals surface area contributed by atoms with Crippen LogP contribution in [0.1, 0.15) is 36.8 Å². The first-order chi connectivity index (χ1) is 10.7. The topological polar surface area (TPSA) is 73.1 Å². The lowest BCUT2D eigenvalue weighted by Crippen LogP contribution is -2.44. The van der Waals surface area contributed by atoms with Crippen molar-refractivity contribution < 1.29 is 9.90 Å². The third-order valence-corrected chi connectivity index (χ3v) is 5.08. The Morgan fingerprint density at radius 3 is 2.73 bits per heavy atom. The van der Waals surface area contributed by atoms with E-state index in [1.165, 1.54) is 0 Å². The van der Waals surface area contributed by atoms with Crippen molar-refractivity contribution in [2.24, 2.45) is 5.92 Å². The summed E-state index contributed by atoms with van der Waals surface area (Å²) in [6.07, 6.45) is 4.24. The lowest BCUT2D eigenvalue weighted by Gasteiger charge is -2.30. The molecule has 2 atom stereocenters. The molecule has 118 valence electrons. The Hall–Kier alpha value is -1.51. The zero-order chi connectivity index (χ0) is 15.8. The number of aliphatic hydroxyl groups is 1. The summed E-state index contributed by atoms with van der Waals surface area (Å²) in [4.78, 5) is 12.0. The molecule has 1 saturated carbocycles. The molecule has 2 rings (SSSR count). The van der Waals surface area contributed by atoms with Gasteiger partial charge in [-0.25, -0.2) is 0 Å². The number of thioether (sulfide) groups is 1. The van der Waals surface area contributed by atoms with E-state index >= 15 is 0 Å². The van der Waals surface area contributed by atoms with Crippen LogP contribution in [-0.4, -0.2) is 29.4 Å². The molecule has 1 aliphatic carbocycles. The number of hydrogen-bond donors (Lipinski definition) is 2. The van der Waals surface area contributed by atoms with E-state index in [-0.39, 0.29) is 24.5 Å². The number of hydrogen-bond acceptors (Lipinski definition) is 4. The van der Waals surface area contributed by atoms with Crippen molar-refractivity contribution in [3.8, 4) is 6.07 Å². The molecule has 1 fully saturated rings. The zero-order valence-corrected chi connectivity index (χ0v) is 13.4. The van der Waals surface area contributed by atoms with Crippen LogP contribution >= 0.6 is 11.8 Å². The van der Waals surface area contributed by atoms with E-state index in [1.807, 2.05) is 12.1 Å². The van der Waals surface area contributed by atoms with Crippen molar-refractivity contribution in [2.75, 3.05) is 12.4 Å². The van der Waals surface area contributed by atoms with Gasteiger partial charge in [-0.05, 0) is 30.5 Å². The van der Waals surface area contributed by atoms with Crippen LogP contribution in [0, 0.1) is 17.2 Å². The Kier molecular flexibility index (Phi) is 6.75. The monoisotopic (exact) mass is 318 g/mol. The van der Waals surface area contributed by atoms with Gasteiger partial charge in [0.2, 0.25) is 5.91 Å². The molecule has 5 heteroatoms.